The molecule has 1 fully saturated rings. The molecule has 150 valence electrons. The first-order valence-electron chi connectivity index (χ1n) is 9.27. The maximum atomic E-state index is 13.2. The normalized spacial score (nSPS) is 15.6. The average molecular weight is 417 g/mol. The number of carbonyl (C=O) groups is 2. The summed E-state index contributed by atoms with van der Waals surface area (Å²) in [5, 5.41) is 3.60. The van der Waals surface area contributed by atoms with E-state index in [1.54, 1.807) is 43.5 Å². The van der Waals surface area contributed by atoms with E-state index in [0.29, 0.717) is 18.0 Å². The van der Waals surface area contributed by atoms with Crippen molar-refractivity contribution in [3.63, 3.8) is 0 Å². The third-order valence-corrected chi connectivity index (χ3v) is 5.16. The highest BCUT2D eigenvalue weighted by atomic mass is 32.1. The van der Waals surface area contributed by atoms with Crippen LogP contribution in [-0.2, 0) is 16.1 Å². The highest BCUT2D eigenvalue weighted by Crippen LogP contribution is 2.27. The van der Waals surface area contributed by atoms with Gasteiger partial charge >= 0.3 is 0 Å². The fraction of sp³-hybridized carbons (Fsp3) is 0.0870. The van der Waals surface area contributed by atoms with E-state index in [1.807, 2.05) is 35.0 Å². The molecule has 0 bridgehead atoms. The van der Waals surface area contributed by atoms with Gasteiger partial charge in [0.15, 0.2) is 5.11 Å². The number of anilines is 1. The lowest BCUT2D eigenvalue weighted by Crippen LogP contribution is -2.54. The maximum absolute atomic E-state index is 13.2. The van der Waals surface area contributed by atoms with Crippen LogP contribution in [0.1, 0.15) is 5.56 Å². The van der Waals surface area contributed by atoms with Gasteiger partial charge in [-0.3, -0.25) is 19.8 Å². The molecule has 0 radical (unpaired) electrons. The number of nitrogens with one attached hydrogen (secondary N) is 1. The van der Waals surface area contributed by atoms with E-state index >= 15 is 0 Å². The molecule has 1 aliphatic rings. The van der Waals surface area contributed by atoms with Crippen molar-refractivity contribution in [1.82, 2.24) is 9.88 Å². The second-order valence-corrected chi connectivity index (χ2v) is 7.09. The number of nitrogens with zero attached hydrogens (tertiary/aromatic N) is 2. The number of methoxy groups -OCH3 is 1. The van der Waals surface area contributed by atoms with Crippen LogP contribution in [0.4, 0.5) is 5.69 Å². The van der Waals surface area contributed by atoms with E-state index in [2.05, 4.69) is 11.9 Å². The molecule has 0 aliphatic carbocycles. The van der Waals surface area contributed by atoms with E-state index in [4.69, 9.17) is 17.0 Å². The first-order valence-corrected chi connectivity index (χ1v) is 9.68. The van der Waals surface area contributed by atoms with Crippen LogP contribution in [0, 0.1) is 0 Å². The second-order valence-electron chi connectivity index (χ2n) is 6.70. The Bertz CT molecular complexity index is 1210. The number of thiocarbonyl (C=S) groups is 1. The molecule has 2 aromatic carbocycles. The number of benzene rings is 2. The lowest BCUT2D eigenvalue weighted by Gasteiger charge is -2.29. The minimum atomic E-state index is -0.518. The van der Waals surface area contributed by atoms with Crippen LogP contribution in [0.15, 0.2) is 73.0 Å². The summed E-state index contributed by atoms with van der Waals surface area (Å²) in [4.78, 5) is 27.1. The van der Waals surface area contributed by atoms with Crippen molar-refractivity contribution in [1.29, 1.82) is 0 Å². The summed E-state index contributed by atoms with van der Waals surface area (Å²) >= 11 is 5.26. The van der Waals surface area contributed by atoms with Crippen molar-refractivity contribution in [2.75, 3.05) is 12.0 Å². The number of rotatable bonds is 5. The number of ether oxygens (including phenoxy) is 1. The number of fused-ring (bicyclic) bond motifs is 1. The lowest BCUT2D eigenvalue weighted by atomic mass is 10.1. The third-order valence-electron chi connectivity index (χ3n) is 4.88. The van der Waals surface area contributed by atoms with Crippen molar-refractivity contribution >= 4 is 51.8 Å². The summed E-state index contributed by atoms with van der Waals surface area (Å²) in [6.07, 6.45) is 5.31. The average Bonchev–Trinajstić information content (AvgIpc) is 3.09. The van der Waals surface area contributed by atoms with Gasteiger partial charge in [-0.05, 0) is 48.6 Å². The number of hydrogen-bond acceptors (Lipinski definition) is 4. The van der Waals surface area contributed by atoms with Gasteiger partial charge in [0.2, 0.25) is 0 Å². The monoisotopic (exact) mass is 417 g/mol. The molecule has 0 saturated carbocycles. The zero-order valence-corrected chi connectivity index (χ0v) is 17.1. The molecular weight excluding hydrogens is 398 g/mol. The maximum Gasteiger partial charge on any atom is 0.270 e. The molecule has 1 saturated heterocycles. The summed E-state index contributed by atoms with van der Waals surface area (Å²) in [5.74, 6) is -0.339. The Labute approximate surface area is 179 Å². The highest BCUT2D eigenvalue weighted by molar-refractivity contribution is 7.80. The van der Waals surface area contributed by atoms with Crippen molar-refractivity contribution < 1.29 is 14.3 Å². The van der Waals surface area contributed by atoms with Gasteiger partial charge < -0.3 is 9.30 Å². The number of allylic oxidation sites excluding steroid dienone is 1. The number of amides is 2. The molecule has 1 aliphatic heterocycles. The van der Waals surface area contributed by atoms with Gasteiger partial charge in [0.05, 0.1) is 12.8 Å². The zero-order chi connectivity index (χ0) is 21.3. The zero-order valence-electron chi connectivity index (χ0n) is 16.3. The van der Waals surface area contributed by atoms with Crippen LogP contribution in [0.2, 0.25) is 0 Å². The van der Waals surface area contributed by atoms with Crippen molar-refractivity contribution in [3.05, 3.63) is 78.5 Å². The smallest absolute Gasteiger partial charge is 0.270 e. The molecule has 3 aromatic rings. The van der Waals surface area contributed by atoms with E-state index in [-0.39, 0.29) is 10.7 Å². The molecule has 0 unspecified atom stereocenters. The topological polar surface area (TPSA) is 63.6 Å². The van der Waals surface area contributed by atoms with Gasteiger partial charge in [-0.1, -0.05) is 24.3 Å². The molecule has 0 atom stereocenters. The Hall–Kier alpha value is -3.71. The Morgan fingerprint density at radius 3 is 2.57 bits per heavy atom. The molecule has 6 nitrogen and oxygen atoms in total. The Morgan fingerprint density at radius 2 is 1.87 bits per heavy atom. The molecular formula is C23H19N3O3S. The largest absolute Gasteiger partial charge is 0.497 e. The van der Waals surface area contributed by atoms with Crippen LogP contribution < -0.4 is 15.0 Å². The quantitative estimate of drug-likeness (QED) is 0.298. The minimum absolute atomic E-state index is 0.0147. The SMILES string of the molecule is C=CCn1cc(/C=C2/C(=O)NC(=S)N(c3ccc(OC)cc3)C2=O)c2ccccc21. The number of aromatic nitrogens is 1. The van der Waals surface area contributed by atoms with E-state index < -0.39 is 11.8 Å². The van der Waals surface area contributed by atoms with Gasteiger partial charge in [-0.15, -0.1) is 6.58 Å². The third kappa shape index (κ3) is 3.40. The molecule has 2 amide bonds. The van der Waals surface area contributed by atoms with Gasteiger partial charge in [0, 0.05) is 29.2 Å². The van der Waals surface area contributed by atoms with Crippen LogP contribution in [0.3, 0.4) is 0 Å². The summed E-state index contributed by atoms with van der Waals surface area (Å²) in [5.41, 5.74) is 2.33. The standard InChI is InChI=1S/C23H19N3O3S/c1-3-12-25-14-15(18-6-4-5-7-20(18)25)13-19-21(27)24-23(30)26(22(19)28)16-8-10-17(29-2)11-9-16/h3-11,13-14H,1,12H2,2H3,(H,24,27,30)/b19-13-. The van der Waals surface area contributed by atoms with Gasteiger partial charge in [0.25, 0.3) is 11.8 Å². The summed E-state index contributed by atoms with van der Waals surface area (Å²) in [7, 11) is 1.57. The first kappa shape index (κ1) is 19.6. The highest BCUT2D eigenvalue weighted by Gasteiger charge is 2.34. The Kier molecular flexibility index (Phi) is 5.20. The van der Waals surface area contributed by atoms with Crippen LogP contribution in [0.5, 0.6) is 5.75 Å². The number of hydrogen-bond donors (Lipinski definition) is 1. The fourth-order valence-corrected chi connectivity index (χ4v) is 3.74. The van der Waals surface area contributed by atoms with Gasteiger partial charge in [-0.25, -0.2) is 0 Å². The summed E-state index contributed by atoms with van der Waals surface area (Å²) in [6.45, 7) is 4.41. The Balaban J connectivity index is 1.78. The Morgan fingerprint density at radius 1 is 1.13 bits per heavy atom. The number of para-hydroxylation sites is 1. The molecule has 30 heavy (non-hydrogen) atoms. The second kappa shape index (κ2) is 7.96. The van der Waals surface area contributed by atoms with Gasteiger partial charge in [-0.2, -0.15) is 0 Å². The number of carbonyl (C=O) groups excluding carboxylic acids is 2. The predicted molar refractivity (Wildman–Crippen MR) is 121 cm³/mol. The van der Waals surface area contributed by atoms with Gasteiger partial charge in [0.1, 0.15) is 11.3 Å². The van der Waals surface area contributed by atoms with Crippen molar-refractivity contribution in [2.24, 2.45) is 0 Å². The van der Waals surface area contributed by atoms with Crippen LogP contribution in [-0.4, -0.2) is 28.6 Å². The lowest BCUT2D eigenvalue weighted by molar-refractivity contribution is -0.122. The molecule has 0 spiro atoms. The van der Waals surface area contributed by atoms with Crippen molar-refractivity contribution in [2.45, 2.75) is 6.54 Å². The molecule has 7 heteroatoms. The van der Waals surface area contributed by atoms with Crippen molar-refractivity contribution in [3.8, 4) is 5.75 Å². The molecule has 1 N–H and O–H groups in total. The molecule has 4 rings (SSSR count). The fourth-order valence-electron chi connectivity index (χ4n) is 3.46. The van der Waals surface area contributed by atoms with Crippen LogP contribution in [0.25, 0.3) is 17.0 Å². The predicted octanol–water partition coefficient (Wildman–Crippen LogP) is 3.67. The van der Waals surface area contributed by atoms with E-state index in [0.717, 1.165) is 16.5 Å². The first-order chi connectivity index (χ1) is 14.5. The van der Waals surface area contributed by atoms with E-state index in [9.17, 15) is 9.59 Å². The summed E-state index contributed by atoms with van der Waals surface area (Å²) < 4.78 is 7.18. The molecule has 2 heterocycles. The molecule has 1 aromatic heterocycles. The van der Waals surface area contributed by atoms with Crippen LogP contribution >= 0.6 is 12.2 Å². The summed E-state index contributed by atoms with van der Waals surface area (Å²) in [6, 6.07) is 14.7. The minimum Gasteiger partial charge on any atom is -0.497 e. The van der Waals surface area contributed by atoms with E-state index in [1.165, 1.54) is 4.90 Å².